The lowest BCUT2D eigenvalue weighted by Gasteiger charge is -2.35. The fraction of sp³-hybridized carbons (Fsp3) is 0.321. The Labute approximate surface area is 228 Å². The molecule has 0 bridgehead atoms. The highest BCUT2D eigenvalue weighted by molar-refractivity contribution is 9.10. The summed E-state index contributed by atoms with van der Waals surface area (Å²) in [5, 5.41) is 25.4. The van der Waals surface area contributed by atoms with E-state index >= 15 is 0 Å². The number of nitriles is 1. The van der Waals surface area contributed by atoms with E-state index in [-0.39, 0.29) is 33.2 Å². The summed E-state index contributed by atoms with van der Waals surface area (Å²) in [6, 6.07) is 11.4. The number of dihydropyridines is 1. The van der Waals surface area contributed by atoms with Crippen LogP contribution >= 0.6 is 15.9 Å². The molecular formula is C28H26BrN3O6. The second-order valence-corrected chi connectivity index (χ2v) is 10.1. The number of carbonyl (C=O) groups is 2. The number of ether oxygens (including phenoxy) is 2. The van der Waals surface area contributed by atoms with Crippen LogP contribution in [0.25, 0.3) is 0 Å². The van der Waals surface area contributed by atoms with Gasteiger partial charge in [0, 0.05) is 29.5 Å². The molecule has 2 aliphatic rings. The van der Waals surface area contributed by atoms with E-state index in [2.05, 4.69) is 34.2 Å². The Morgan fingerprint density at radius 1 is 1.29 bits per heavy atom. The molecule has 0 aromatic heterocycles. The molecule has 0 saturated heterocycles. The van der Waals surface area contributed by atoms with E-state index < -0.39 is 22.5 Å². The molecule has 2 aromatic rings. The van der Waals surface area contributed by atoms with Crippen molar-refractivity contribution < 1.29 is 24.0 Å². The number of esters is 1. The molecule has 0 fully saturated rings. The van der Waals surface area contributed by atoms with Crippen LogP contribution in [0.4, 0.5) is 5.69 Å². The van der Waals surface area contributed by atoms with E-state index in [1.807, 2.05) is 0 Å². The number of methoxy groups -OCH3 is 1. The van der Waals surface area contributed by atoms with Crippen LogP contribution in [0, 0.1) is 27.4 Å². The molecule has 38 heavy (non-hydrogen) atoms. The van der Waals surface area contributed by atoms with Gasteiger partial charge in [-0.25, -0.2) is 4.79 Å². The number of carbonyl (C=O) groups excluding carboxylic acids is 2. The lowest BCUT2D eigenvalue weighted by atomic mass is 9.72. The molecule has 9 nitrogen and oxygen atoms in total. The predicted molar refractivity (Wildman–Crippen MR) is 143 cm³/mol. The van der Waals surface area contributed by atoms with Gasteiger partial charge >= 0.3 is 11.7 Å². The minimum Gasteiger partial charge on any atom is -0.496 e. The second-order valence-electron chi connectivity index (χ2n) is 9.28. The summed E-state index contributed by atoms with van der Waals surface area (Å²) in [7, 11) is 1.40. The summed E-state index contributed by atoms with van der Waals surface area (Å²) in [5.41, 5.74) is 2.14. The summed E-state index contributed by atoms with van der Waals surface area (Å²) < 4.78 is 10.8. The van der Waals surface area contributed by atoms with Crippen molar-refractivity contribution in [3.05, 3.63) is 84.7 Å². The van der Waals surface area contributed by atoms with Crippen LogP contribution in [-0.4, -0.2) is 23.8 Å². The van der Waals surface area contributed by atoms with Gasteiger partial charge < -0.3 is 14.8 Å². The molecule has 0 saturated carbocycles. The Morgan fingerprint density at radius 3 is 2.68 bits per heavy atom. The molecular weight excluding hydrogens is 554 g/mol. The smallest absolute Gasteiger partial charge is 0.347 e. The highest BCUT2D eigenvalue weighted by Gasteiger charge is 2.39. The molecule has 0 spiro atoms. The zero-order valence-electron chi connectivity index (χ0n) is 21.2. The fourth-order valence-electron chi connectivity index (χ4n) is 5.18. The van der Waals surface area contributed by atoms with Crippen molar-refractivity contribution in [1.82, 2.24) is 5.32 Å². The molecule has 10 heteroatoms. The van der Waals surface area contributed by atoms with Crippen LogP contribution in [0.5, 0.6) is 11.5 Å². The molecule has 1 N–H and O–H groups in total. The molecule has 2 atom stereocenters. The number of para-hydroxylation sites is 1. The van der Waals surface area contributed by atoms with Crippen LogP contribution < -0.4 is 14.8 Å². The van der Waals surface area contributed by atoms with Crippen molar-refractivity contribution in [3.8, 4) is 17.6 Å². The first-order valence-electron chi connectivity index (χ1n) is 12.2. The number of nitro benzene ring substituents is 1. The Kier molecular flexibility index (Phi) is 7.97. The molecule has 2 unspecified atom stereocenters. The molecule has 4 rings (SSSR count). The number of nitrogens with one attached hydrogen (secondary N) is 1. The summed E-state index contributed by atoms with van der Waals surface area (Å²) in [6.07, 6.45) is 2.89. The molecule has 1 heterocycles. The predicted octanol–water partition coefficient (Wildman–Crippen LogP) is 6.10. The van der Waals surface area contributed by atoms with E-state index in [1.165, 1.54) is 19.2 Å². The third kappa shape index (κ3) is 5.07. The van der Waals surface area contributed by atoms with Crippen molar-refractivity contribution in [3.63, 3.8) is 0 Å². The number of nitro groups is 1. The maximum absolute atomic E-state index is 13.3. The zero-order valence-corrected chi connectivity index (χ0v) is 22.8. The van der Waals surface area contributed by atoms with E-state index in [0.717, 1.165) is 18.5 Å². The number of halogens is 1. The Bertz CT molecular complexity index is 1440. The quantitative estimate of drug-likeness (QED) is 0.180. The minimum atomic E-state index is -0.830. The number of benzene rings is 2. The van der Waals surface area contributed by atoms with Gasteiger partial charge in [-0.15, -0.1) is 0 Å². The Morgan fingerprint density at radius 2 is 2.03 bits per heavy atom. The van der Waals surface area contributed by atoms with Gasteiger partial charge in [0.15, 0.2) is 5.78 Å². The average Bonchev–Trinajstić information content (AvgIpc) is 2.88. The molecule has 0 radical (unpaired) electrons. The number of ketones is 1. The summed E-state index contributed by atoms with van der Waals surface area (Å²) in [6.45, 7) is 3.83. The zero-order chi connectivity index (χ0) is 27.6. The van der Waals surface area contributed by atoms with Crippen LogP contribution in [0.3, 0.4) is 0 Å². The van der Waals surface area contributed by atoms with Crippen molar-refractivity contribution in [2.45, 2.75) is 45.4 Å². The number of nitrogens with zero attached hydrogens (tertiary/aromatic N) is 2. The number of allylic oxidation sites excluding steroid dienone is 4. The second kappa shape index (κ2) is 11.2. The molecule has 0 amide bonds. The lowest BCUT2D eigenvalue weighted by Crippen LogP contribution is -2.34. The van der Waals surface area contributed by atoms with Crippen molar-refractivity contribution >= 4 is 33.4 Å². The third-order valence-electron chi connectivity index (χ3n) is 6.83. The Hall–Kier alpha value is -3.97. The van der Waals surface area contributed by atoms with E-state index in [4.69, 9.17) is 9.47 Å². The van der Waals surface area contributed by atoms with Crippen LogP contribution in [0.15, 0.2) is 63.4 Å². The maximum atomic E-state index is 13.3. The number of rotatable bonds is 7. The van der Waals surface area contributed by atoms with Gasteiger partial charge in [0.2, 0.25) is 5.75 Å². The highest BCUT2D eigenvalue weighted by atomic mass is 79.9. The standard InChI is InChI=1S/C28H26BrN3O6/c1-4-7-16-10-21-26(23(33)11-16)25(19(14-30)15(2)31-21)17-12-20(29)27(22(13-17)32(35)36)38-28(34)18-8-5-6-9-24(18)37-3/h5-6,8-9,12-13,16,25,31H,4,7,10-11H2,1-3H3. The first-order chi connectivity index (χ1) is 18.2. The van der Waals surface area contributed by atoms with Crippen LogP contribution in [-0.2, 0) is 4.79 Å². The third-order valence-corrected chi connectivity index (χ3v) is 7.42. The maximum Gasteiger partial charge on any atom is 0.347 e. The van der Waals surface area contributed by atoms with Gasteiger partial charge in [-0.2, -0.15) is 5.26 Å². The fourth-order valence-corrected chi connectivity index (χ4v) is 5.73. The number of hydrogen-bond donors (Lipinski definition) is 1. The van der Waals surface area contributed by atoms with Gasteiger partial charge in [0.25, 0.3) is 0 Å². The van der Waals surface area contributed by atoms with E-state index in [0.29, 0.717) is 35.2 Å². The lowest BCUT2D eigenvalue weighted by molar-refractivity contribution is -0.385. The van der Waals surface area contributed by atoms with Gasteiger partial charge in [-0.3, -0.25) is 14.9 Å². The molecule has 196 valence electrons. The highest BCUT2D eigenvalue weighted by Crippen LogP contribution is 2.47. The van der Waals surface area contributed by atoms with Gasteiger partial charge in [0.05, 0.1) is 34.1 Å². The van der Waals surface area contributed by atoms with E-state index in [1.54, 1.807) is 31.2 Å². The summed E-state index contributed by atoms with van der Waals surface area (Å²) in [5.74, 6) is -1.50. The van der Waals surface area contributed by atoms with Gasteiger partial charge in [-0.05, 0) is 65.4 Å². The first-order valence-corrected chi connectivity index (χ1v) is 13.0. The Balaban J connectivity index is 1.81. The largest absolute Gasteiger partial charge is 0.496 e. The number of hydrogen-bond acceptors (Lipinski definition) is 8. The summed E-state index contributed by atoms with van der Waals surface area (Å²) in [4.78, 5) is 37.7. The molecule has 2 aromatic carbocycles. The van der Waals surface area contributed by atoms with Crippen molar-refractivity contribution in [1.29, 1.82) is 5.26 Å². The molecule has 1 aliphatic carbocycles. The van der Waals surface area contributed by atoms with Crippen molar-refractivity contribution in [2.24, 2.45) is 5.92 Å². The normalized spacial score (nSPS) is 18.9. The van der Waals surface area contributed by atoms with Crippen LogP contribution in [0.1, 0.15) is 61.4 Å². The SMILES string of the molecule is CCCC1CC(=O)C2=C(C1)NC(C)=C(C#N)C2c1cc(Br)c(OC(=O)c2ccccc2OC)c([N+](=O)[O-])c1. The first kappa shape index (κ1) is 27.1. The average molecular weight is 580 g/mol. The number of Topliss-reactive ketones (excluding diaryl/α,β-unsaturated/α-hetero) is 1. The monoisotopic (exact) mass is 579 g/mol. The molecule has 1 aliphatic heterocycles. The van der Waals surface area contributed by atoms with E-state index in [9.17, 15) is 25.0 Å². The van der Waals surface area contributed by atoms with Crippen LogP contribution in [0.2, 0.25) is 0 Å². The van der Waals surface area contributed by atoms with Gasteiger partial charge in [0.1, 0.15) is 11.3 Å². The topological polar surface area (TPSA) is 132 Å². The summed E-state index contributed by atoms with van der Waals surface area (Å²) >= 11 is 3.33. The van der Waals surface area contributed by atoms with Crippen molar-refractivity contribution in [2.75, 3.05) is 7.11 Å². The van der Waals surface area contributed by atoms with Gasteiger partial charge in [-0.1, -0.05) is 25.5 Å². The minimum absolute atomic E-state index is 0.0760.